The van der Waals surface area contributed by atoms with E-state index < -0.39 is 0 Å². The van der Waals surface area contributed by atoms with Crippen LogP contribution in [0.3, 0.4) is 0 Å². The number of nitrogens with one attached hydrogen (secondary N) is 1. The van der Waals surface area contributed by atoms with Gasteiger partial charge in [0.2, 0.25) is 0 Å². The minimum atomic E-state index is 0.0873. The van der Waals surface area contributed by atoms with Crippen molar-refractivity contribution in [2.45, 2.75) is 32.4 Å². The van der Waals surface area contributed by atoms with Crippen molar-refractivity contribution in [3.05, 3.63) is 16.9 Å². The van der Waals surface area contributed by atoms with E-state index in [1.165, 1.54) is 0 Å². The van der Waals surface area contributed by atoms with Gasteiger partial charge in [0, 0.05) is 20.1 Å². The molecule has 0 amide bonds. The summed E-state index contributed by atoms with van der Waals surface area (Å²) in [7, 11) is 1.93. The maximum atomic E-state index is 6.32. The number of hydrogen-bond acceptors (Lipinski definition) is 4. The molecule has 0 bridgehead atoms. The van der Waals surface area contributed by atoms with Gasteiger partial charge in [-0.25, -0.2) is 0 Å². The molecule has 0 aliphatic carbocycles. The quantitative estimate of drug-likeness (QED) is 0.870. The summed E-state index contributed by atoms with van der Waals surface area (Å²) in [6.07, 6.45) is 2.90. The molecule has 2 heterocycles. The molecule has 0 saturated carbocycles. The van der Waals surface area contributed by atoms with Gasteiger partial charge in [-0.05, 0) is 19.5 Å². The summed E-state index contributed by atoms with van der Waals surface area (Å²) in [5.74, 6) is 0. The minimum absolute atomic E-state index is 0.0873. The summed E-state index contributed by atoms with van der Waals surface area (Å²) in [6.45, 7) is 9.06. The zero-order valence-corrected chi connectivity index (χ0v) is 13.4. The molecule has 0 aromatic carbocycles. The van der Waals surface area contributed by atoms with Gasteiger partial charge >= 0.3 is 0 Å². The number of hydrogen-bond donors (Lipinski definition) is 1. The van der Waals surface area contributed by atoms with Gasteiger partial charge in [0.15, 0.2) is 0 Å². The van der Waals surface area contributed by atoms with E-state index in [0.717, 1.165) is 44.9 Å². The van der Waals surface area contributed by atoms with Crippen LogP contribution in [-0.4, -0.2) is 53.6 Å². The fraction of sp³-hybridized carbons (Fsp3) is 0.786. The summed E-state index contributed by atoms with van der Waals surface area (Å²) >= 11 is 6.32. The molecule has 0 radical (unpaired) electrons. The van der Waals surface area contributed by atoms with Crippen LogP contribution in [0.1, 0.15) is 32.0 Å². The van der Waals surface area contributed by atoms with Crippen LogP contribution in [0.15, 0.2) is 6.20 Å². The highest BCUT2D eigenvalue weighted by molar-refractivity contribution is 6.31. The van der Waals surface area contributed by atoms with Crippen molar-refractivity contribution >= 4 is 11.6 Å². The van der Waals surface area contributed by atoms with Gasteiger partial charge in [-0.15, -0.1) is 0 Å². The average Bonchev–Trinajstić information content (AvgIpc) is 2.80. The second kappa shape index (κ2) is 7.41. The standard InChI is InChI=1S/C14H25ClN4O/c1-4-6-16-13(14-11(15)9-17-18(14)3)12-10-19(5-2)7-8-20-12/h9,12-13,16H,4-8,10H2,1-3H3. The number of halogens is 1. The Balaban J connectivity index is 2.18. The van der Waals surface area contributed by atoms with E-state index >= 15 is 0 Å². The highest BCUT2D eigenvalue weighted by Crippen LogP contribution is 2.28. The Hall–Kier alpha value is -0.620. The summed E-state index contributed by atoms with van der Waals surface area (Å²) < 4.78 is 7.85. The molecular weight excluding hydrogens is 276 g/mol. The molecule has 1 fully saturated rings. The monoisotopic (exact) mass is 300 g/mol. The van der Waals surface area contributed by atoms with Gasteiger partial charge in [0.25, 0.3) is 0 Å². The van der Waals surface area contributed by atoms with Crippen molar-refractivity contribution < 1.29 is 4.74 Å². The van der Waals surface area contributed by atoms with Crippen molar-refractivity contribution in [1.29, 1.82) is 0 Å². The van der Waals surface area contributed by atoms with Crippen LogP contribution in [0.5, 0.6) is 0 Å². The number of nitrogens with zero attached hydrogens (tertiary/aromatic N) is 3. The highest BCUT2D eigenvalue weighted by Gasteiger charge is 2.31. The van der Waals surface area contributed by atoms with Gasteiger partial charge in [-0.1, -0.05) is 25.4 Å². The predicted molar refractivity (Wildman–Crippen MR) is 81.1 cm³/mol. The minimum Gasteiger partial charge on any atom is -0.374 e. The molecule has 1 N–H and O–H groups in total. The molecule has 1 saturated heterocycles. The van der Waals surface area contributed by atoms with Crippen molar-refractivity contribution in [2.24, 2.45) is 7.05 Å². The summed E-state index contributed by atoms with van der Waals surface area (Å²) in [6, 6.07) is 0.0873. The van der Waals surface area contributed by atoms with Crippen LogP contribution in [0.25, 0.3) is 0 Å². The second-order valence-corrected chi connectivity index (χ2v) is 5.64. The summed E-state index contributed by atoms with van der Waals surface area (Å²) in [5, 5.41) is 8.53. The lowest BCUT2D eigenvalue weighted by atomic mass is 10.0. The van der Waals surface area contributed by atoms with Gasteiger partial charge in [-0.3, -0.25) is 9.58 Å². The lowest BCUT2D eigenvalue weighted by Crippen LogP contribution is -2.48. The first-order valence-electron chi connectivity index (χ1n) is 7.42. The smallest absolute Gasteiger partial charge is 0.0912 e. The molecule has 114 valence electrons. The first-order chi connectivity index (χ1) is 9.67. The molecule has 1 aliphatic rings. The first-order valence-corrected chi connectivity index (χ1v) is 7.79. The maximum Gasteiger partial charge on any atom is 0.0912 e. The molecule has 2 rings (SSSR count). The van der Waals surface area contributed by atoms with Gasteiger partial charge < -0.3 is 10.1 Å². The molecular formula is C14H25ClN4O. The van der Waals surface area contributed by atoms with Crippen molar-refractivity contribution in [3.8, 4) is 0 Å². The fourth-order valence-electron chi connectivity index (χ4n) is 2.69. The van der Waals surface area contributed by atoms with Crippen LogP contribution in [-0.2, 0) is 11.8 Å². The normalized spacial score (nSPS) is 22.1. The number of likely N-dealkylation sites (N-methyl/N-ethyl adjacent to an activating group) is 1. The van der Waals surface area contributed by atoms with Crippen LogP contribution in [0.2, 0.25) is 5.02 Å². The molecule has 1 aromatic rings. The zero-order valence-electron chi connectivity index (χ0n) is 12.6. The number of ether oxygens (including phenoxy) is 1. The molecule has 2 atom stereocenters. The molecule has 20 heavy (non-hydrogen) atoms. The topological polar surface area (TPSA) is 42.3 Å². The van der Waals surface area contributed by atoms with Gasteiger partial charge in [-0.2, -0.15) is 5.10 Å². The Morgan fingerprint density at radius 1 is 1.55 bits per heavy atom. The Bertz CT molecular complexity index is 404. The summed E-state index contributed by atoms with van der Waals surface area (Å²) in [4.78, 5) is 2.42. The summed E-state index contributed by atoms with van der Waals surface area (Å²) in [5.41, 5.74) is 1.02. The predicted octanol–water partition coefficient (Wildman–Crippen LogP) is 1.83. The third-order valence-corrected chi connectivity index (χ3v) is 4.13. The maximum absolute atomic E-state index is 6.32. The number of rotatable bonds is 6. The van der Waals surface area contributed by atoms with Crippen molar-refractivity contribution in [1.82, 2.24) is 20.0 Å². The second-order valence-electron chi connectivity index (χ2n) is 5.24. The lowest BCUT2D eigenvalue weighted by molar-refractivity contribution is -0.0468. The van der Waals surface area contributed by atoms with E-state index in [0.29, 0.717) is 5.02 Å². The largest absolute Gasteiger partial charge is 0.374 e. The molecule has 0 spiro atoms. The number of aromatic nitrogens is 2. The first kappa shape index (κ1) is 15.8. The van der Waals surface area contributed by atoms with Crippen LogP contribution in [0.4, 0.5) is 0 Å². The third kappa shape index (κ3) is 3.52. The fourth-order valence-corrected chi connectivity index (χ4v) is 2.98. The van der Waals surface area contributed by atoms with Crippen molar-refractivity contribution in [3.63, 3.8) is 0 Å². The van der Waals surface area contributed by atoms with E-state index in [1.807, 2.05) is 11.7 Å². The third-order valence-electron chi connectivity index (χ3n) is 3.84. The van der Waals surface area contributed by atoms with E-state index in [-0.39, 0.29) is 12.1 Å². The van der Waals surface area contributed by atoms with Crippen molar-refractivity contribution in [2.75, 3.05) is 32.8 Å². The Labute approximate surface area is 126 Å². The molecule has 6 heteroatoms. The van der Waals surface area contributed by atoms with Gasteiger partial charge in [0.1, 0.15) is 0 Å². The zero-order chi connectivity index (χ0) is 14.5. The van der Waals surface area contributed by atoms with Crippen LogP contribution < -0.4 is 5.32 Å². The molecule has 1 aromatic heterocycles. The number of aryl methyl sites for hydroxylation is 1. The van der Waals surface area contributed by atoms with E-state index in [4.69, 9.17) is 16.3 Å². The van der Waals surface area contributed by atoms with Crippen LogP contribution >= 0.6 is 11.6 Å². The Morgan fingerprint density at radius 3 is 2.95 bits per heavy atom. The van der Waals surface area contributed by atoms with Crippen LogP contribution in [0, 0.1) is 0 Å². The molecule has 5 nitrogen and oxygen atoms in total. The van der Waals surface area contributed by atoms with Gasteiger partial charge in [0.05, 0.1) is 35.7 Å². The molecule has 1 aliphatic heterocycles. The Morgan fingerprint density at radius 2 is 2.35 bits per heavy atom. The van der Waals surface area contributed by atoms with E-state index in [2.05, 4.69) is 29.2 Å². The Kier molecular flexibility index (Phi) is 5.84. The highest BCUT2D eigenvalue weighted by atomic mass is 35.5. The van der Waals surface area contributed by atoms with E-state index in [9.17, 15) is 0 Å². The lowest BCUT2D eigenvalue weighted by Gasteiger charge is -2.37. The molecule has 2 unspecified atom stereocenters. The number of morpholine rings is 1. The SMILES string of the molecule is CCCNC(c1c(Cl)cnn1C)C1CN(CC)CCO1. The van der Waals surface area contributed by atoms with E-state index in [1.54, 1.807) is 6.20 Å². The average molecular weight is 301 g/mol.